The van der Waals surface area contributed by atoms with Crippen LogP contribution in [0.5, 0.6) is 0 Å². The van der Waals surface area contributed by atoms with Gasteiger partial charge in [0.15, 0.2) is 0 Å². The molecule has 0 fully saturated rings. The summed E-state index contributed by atoms with van der Waals surface area (Å²) in [4.78, 5) is 0. The maximum Gasteiger partial charge on any atom is 0.142 e. The smallest absolute Gasteiger partial charge is 0.142 e. The summed E-state index contributed by atoms with van der Waals surface area (Å²) in [7, 11) is 0. The molecular weight excluding hydrogens is 280 g/mol. The fraction of sp³-hybridized carbons (Fsp3) is 0.250. The molecule has 0 aliphatic heterocycles. The summed E-state index contributed by atoms with van der Waals surface area (Å²) in [5, 5.41) is -0.231. The van der Waals surface area contributed by atoms with Crippen molar-refractivity contribution in [1.82, 2.24) is 0 Å². The highest BCUT2D eigenvalue weighted by molar-refractivity contribution is 6.30. The minimum atomic E-state index is -0.653. The van der Waals surface area contributed by atoms with Gasteiger partial charge in [-0.05, 0) is 36.1 Å². The van der Waals surface area contributed by atoms with E-state index in [9.17, 15) is 8.78 Å². The average molecular weight is 296 g/mol. The van der Waals surface area contributed by atoms with E-state index in [1.807, 2.05) is 24.3 Å². The van der Waals surface area contributed by atoms with Crippen molar-refractivity contribution < 1.29 is 8.78 Å². The van der Waals surface area contributed by atoms with E-state index in [0.29, 0.717) is 6.42 Å². The Kier molecular flexibility index (Phi) is 4.73. The molecule has 20 heavy (non-hydrogen) atoms. The summed E-state index contributed by atoms with van der Waals surface area (Å²) in [6, 6.07) is 9.39. The summed E-state index contributed by atoms with van der Waals surface area (Å²) in [5.41, 5.74) is 8.33. The molecule has 0 aromatic heterocycles. The maximum atomic E-state index is 13.8. The molecule has 0 aliphatic carbocycles. The molecule has 106 valence electrons. The molecule has 0 amide bonds. The Morgan fingerprint density at radius 1 is 1.05 bits per heavy atom. The summed E-state index contributed by atoms with van der Waals surface area (Å²) < 4.78 is 27.2. The van der Waals surface area contributed by atoms with Crippen molar-refractivity contribution in [3.8, 4) is 0 Å². The standard InChI is InChI=1S/C16H16ClF2N/c1-2-10-3-5-11(6-4-10)7-16(20)12-8-15(19)13(17)9-14(12)18/h3-6,8-9,16H,2,7,20H2,1H3. The van der Waals surface area contributed by atoms with Gasteiger partial charge in [0.1, 0.15) is 11.6 Å². The molecule has 1 nitrogen and oxygen atoms in total. The van der Waals surface area contributed by atoms with Crippen molar-refractivity contribution in [2.45, 2.75) is 25.8 Å². The van der Waals surface area contributed by atoms with Gasteiger partial charge >= 0.3 is 0 Å². The molecule has 0 spiro atoms. The van der Waals surface area contributed by atoms with Crippen LogP contribution in [0.1, 0.15) is 29.7 Å². The minimum absolute atomic E-state index is 0.145. The molecule has 2 rings (SSSR count). The van der Waals surface area contributed by atoms with Crippen molar-refractivity contribution >= 4 is 11.6 Å². The fourth-order valence-electron chi connectivity index (χ4n) is 2.10. The van der Waals surface area contributed by atoms with Crippen molar-refractivity contribution in [2.24, 2.45) is 5.73 Å². The molecule has 0 bridgehead atoms. The predicted molar refractivity (Wildman–Crippen MR) is 77.8 cm³/mol. The first-order valence-electron chi connectivity index (χ1n) is 6.49. The van der Waals surface area contributed by atoms with Crippen LogP contribution in [-0.2, 0) is 12.8 Å². The van der Waals surface area contributed by atoms with Crippen molar-refractivity contribution in [1.29, 1.82) is 0 Å². The second-order valence-corrected chi connectivity index (χ2v) is 5.18. The van der Waals surface area contributed by atoms with Gasteiger partial charge in [-0.15, -0.1) is 0 Å². The topological polar surface area (TPSA) is 26.0 Å². The second-order valence-electron chi connectivity index (χ2n) is 4.77. The van der Waals surface area contributed by atoms with E-state index in [0.717, 1.165) is 24.1 Å². The zero-order valence-corrected chi connectivity index (χ0v) is 11.9. The Labute approximate surface area is 122 Å². The SMILES string of the molecule is CCc1ccc(CC(N)c2cc(F)c(Cl)cc2F)cc1. The Morgan fingerprint density at radius 2 is 1.65 bits per heavy atom. The van der Waals surface area contributed by atoms with E-state index in [2.05, 4.69) is 6.92 Å². The Hall–Kier alpha value is -1.45. The van der Waals surface area contributed by atoms with Crippen LogP contribution >= 0.6 is 11.6 Å². The highest BCUT2D eigenvalue weighted by atomic mass is 35.5. The van der Waals surface area contributed by atoms with E-state index in [4.69, 9.17) is 17.3 Å². The quantitative estimate of drug-likeness (QED) is 0.830. The highest BCUT2D eigenvalue weighted by Crippen LogP contribution is 2.25. The summed E-state index contributed by atoms with van der Waals surface area (Å²) in [6.45, 7) is 2.08. The fourth-order valence-corrected chi connectivity index (χ4v) is 2.25. The van der Waals surface area contributed by atoms with Gasteiger partial charge in [0, 0.05) is 11.6 Å². The van der Waals surface area contributed by atoms with Gasteiger partial charge in [0.2, 0.25) is 0 Å². The number of rotatable bonds is 4. The van der Waals surface area contributed by atoms with E-state index < -0.39 is 17.7 Å². The molecule has 2 aromatic rings. The van der Waals surface area contributed by atoms with Crippen LogP contribution in [0.2, 0.25) is 5.02 Å². The zero-order chi connectivity index (χ0) is 14.7. The van der Waals surface area contributed by atoms with Crippen LogP contribution in [0.3, 0.4) is 0 Å². The second kappa shape index (κ2) is 6.33. The molecule has 0 radical (unpaired) electrons. The number of aryl methyl sites for hydroxylation is 1. The van der Waals surface area contributed by atoms with Crippen molar-refractivity contribution in [3.05, 3.63) is 69.7 Å². The maximum absolute atomic E-state index is 13.8. The summed E-state index contributed by atoms with van der Waals surface area (Å²) in [5.74, 6) is -1.23. The average Bonchev–Trinajstić information content (AvgIpc) is 2.43. The van der Waals surface area contributed by atoms with E-state index in [-0.39, 0.29) is 10.6 Å². The number of nitrogens with two attached hydrogens (primary N) is 1. The molecule has 2 N–H and O–H groups in total. The zero-order valence-electron chi connectivity index (χ0n) is 11.2. The molecule has 0 heterocycles. The van der Waals surface area contributed by atoms with Crippen LogP contribution in [0.15, 0.2) is 36.4 Å². The monoisotopic (exact) mass is 295 g/mol. The largest absolute Gasteiger partial charge is 0.324 e. The Balaban J connectivity index is 2.18. The molecule has 1 atom stereocenters. The first kappa shape index (κ1) is 14.9. The number of hydrogen-bond donors (Lipinski definition) is 1. The van der Waals surface area contributed by atoms with Gasteiger partial charge in [0.25, 0.3) is 0 Å². The lowest BCUT2D eigenvalue weighted by Crippen LogP contribution is -2.15. The molecule has 2 aromatic carbocycles. The van der Waals surface area contributed by atoms with Crippen LogP contribution in [0, 0.1) is 11.6 Å². The Bertz CT molecular complexity index is 596. The Morgan fingerprint density at radius 3 is 2.25 bits per heavy atom. The van der Waals surface area contributed by atoms with Gasteiger partial charge in [-0.2, -0.15) is 0 Å². The lowest BCUT2D eigenvalue weighted by atomic mass is 9.98. The van der Waals surface area contributed by atoms with Gasteiger partial charge in [-0.25, -0.2) is 8.78 Å². The predicted octanol–water partition coefficient (Wildman–Crippen LogP) is 4.42. The summed E-state index contributed by atoms with van der Waals surface area (Å²) >= 11 is 5.53. The lowest BCUT2D eigenvalue weighted by molar-refractivity contribution is 0.561. The molecule has 1 unspecified atom stereocenters. The van der Waals surface area contributed by atoms with Gasteiger partial charge < -0.3 is 5.73 Å². The van der Waals surface area contributed by atoms with Gasteiger partial charge in [0.05, 0.1) is 5.02 Å². The van der Waals surface area contributed by atoms with E-state index in [1.165, 1.54) is 5.56 Å². The first-order valence-corrected chi connectivity index (χ1v) is 6.87. The van der Waals surface area contributed by atoms with Gasteiger partial charge in [-0.3, -0.25) is 0 Å². The molecule has 0 saturated carbocycles. The van der Waals surface area contributed by atoms with Crippen molar-refractivity contribution in [3.63, 3.8) is 0 Å². The van der Waals surface area contributed by atoms with Crippen molar-refractivity contribution in [2.75, 3.05) is 0 Å². The molecule has 4 heteroatoms. The third kappa shape index (κ3) is 3.35. The van der Waals surface area contributed by atoms with E-state index in [1.54, 1.807) is 0 Å². The van der Waals surface area contributed by atoms with Crippen LogP contribution in [0.25, 0.3) is 0 Å². The number of benzene rings is 2. The normalized spacial score (nSPS) is 12.4. The van der Waals surface area contributed by atoms with Gasteiger partial charge in [-0.1, -0.05) is 42.8 Å². The molecule has 0 saturated heterocycles. The van der Waals surface area contributed by atoms with Crippen LogP contribution in [-0.4, -0.2) is 0 Å². The third-order valence-corrected chi connectivity index (χ3v) is 3.62. The van der Waals surface area contributed by atoms with Crippen LogP contribution in [0.4, 0.5) is 8.78 Å². The third-order valence-electron chi connectivity index (χ3n) is 3.33. The van der Waals surface area contributed by atoms with Crippen LogP contribution < -0.4 is 5.73 Å². The highest BCUT2D eigenvalue weighted by Gasteiger charge is 2.15. The lowest BCUT2D eigenvalue weighted by Gasteiger charge is -2.14. The summed E-state index contributed by atoms with van der Waals surface area (Å²) in [6.07, 6.45) is 1.41. The molecule has 0 aliphatic rings. The first-order chi connectivity index (χ1) is 9.51. The number of halogens is 3. The minimum Gasteiger partial charge on any atom is -0.324 e. The molecular formula is C16H16ClF2N. The number of hydrogen-bond acceptors (Lipinski definition) is 1. The van der Waals surface area contributed by atoms with E-state index >= 15 is 0 Å².